The van der Waals surface area contributed by atoms with Gasteiger partial charge in [0.1, 0.15) is 28.6 Å². The number of ether oxygens (including phenoxy) is 6. The number of rotatable bonds is 29. The summed E-state index contributed by atoms with van der Waals surface area (Å²) in [4.78, 5) is 68.2. The number of phenolic OH excluding ortho intramolecular Hbond substituents is 1. The highest BCUT2D eigenvalue weighted by Crippen LogP contribution is 2.23. The first-order valence-electron chi connectivity index (χ1n) is 26.1. The van der Waals surface area contributed by atoms with E-state index in [1.165, 1.54) is 19.1 Å². The summed E-state index contributed by atoms with van der Waals surface area (Å²) in [5.41, 5.74) is 4.39. The van der Waals surface area contributed by atoms with Gasteiger partial charge in [0.05, 0.1) is 37.6 Å². The molecule has 0 aliphatic heterocycles. The Kier molecular flexibility index (Phi) is 30.8. The van der Waals surface area contributed by atoms with E-state index < -0.39 is 17.5 Å². The van der Waals surface area contributed by atoms with Gasteiger partial charge in [0.2, 0.25) is 0 Å². The molecule has 4 aromatic rings. The summed E-state index contributed by atoms with van der Waals surface area (Å²) >= 11 is 0. The van der Waals surface area contributed by atoms with Crippen LogP contribution in [0.4, 0.5) is 0 Å². The minimum absolute atomic E-state index is 0.0250. The van der Waals surface area contributed by atoms with Crippen molar-refractivity contribution >= 4 is 47.8 Å². The minimum Gasteiger partial charge on any atom is -0.508 e. The minimum atomic E-state index is -0.934. The van der Waals surface area contributed by atoms with Gasteiger partial charge in [-0.1, -0.05) is 82.7 Å². The second-order valence-corrected chi connectivity index (χ2v) is 19.4. The summed E-state index contributed by atoms with van der Waals surface area (Å²) in [5, 5.41) is 18.2. The van der Waals surface area contributed by atoms with Crippen molar-refractivity contribution in [2.24, 2.45) is 0 Å². The molecule has 0 saturated carbocycles. The number of carbonyl (C=O) groups is 6. The van der Waals surface area contributed by atoms with Crippen LogP contribution in [0.15, 0.2) is 121 Å². The molecule has 0 aliphatic rings. The van der Waals surface area contributed by atoms with Crippen LogP contribution >= 0.6 is 0 Å². The maximum atomic E-state index is 12.5. The summed E-state index contributed by atoms with van der Waals surface area (Å²) in [6.07, 6.45) is 18.6. The first-order valence-corrected chi connectivity index (χ1v) is 26.1. The van der Waals surface area contributed by atoms with Gasteiger partial charge >= 0.3 is 29.8 Å². The van der Waals surface area contributed by atoms with Crippen LogP contribution in [0.25, 0.3) is 12.2 Å². The van der Waals surface area contributed by atoms with Gasteiger partial charge in [-0.2, -0.15) is 0 Å². The molecule has 0 spiro atoms. The Bertz CT molecular complexity index is 2580. The lowest BCUT2D eigenvalue weighted by atomic mass is 10.1. The fourth-order valence-electron chi connectivity index (χ4n) is 6.71. The summed E-state index contributed by atoms with van der Waals surface area (Å²) in [6.45, 7) is 23.2. The zero-order valence-electron chi connectivity index (χ0n) is 46.4. The molecule has 0 amide bonds. The number of aromatic hydroxyl groups is 1. The van der Waals surface area contributed by atoms with Crippen LogP contribution in [0.2, 0.25) is 0 Å². The highest BCUT2D eigenvalue weighted by molar-refractivity contribution is 5.93. The normalized spacial score (nSPS) is 10.8. The fourth-order valence-corrected chi connectivity index (χ4v) is 6.71. The van der Waals surface area contributed by atoms with Gasteiger partial charge in [-0.3, -0.25) is 4.79 Å². The third-order valence-electron chi connectivity index (χ3n) is 10.9. The molecule has 0 saturated heterocycles. The Labute approximate surface area is 455 Å². The van der Waals surface area contributed by atoms with Gasteiger partial charge in [0, 0.05) is 17.2 Å². The molecule has 0 bridgehead atoms. The summed E-state index contributed by atoms with van der Waals surface area (Å²) in [6, 6.07) is 23.9. The number of carboxylic acids is 1. The Morgan fingerprint density at radius 2 is 0.948 bits per heavy atom. The van der Waals surface area contributed by atoms with Crippen LogP contribution in [0.1, 0.15) is 162 Å². The second-order valence-electron chi connectivity index (χ2n) is 19.4. The van der Waals surface area contributed by atoms with Crippen molar-refractivity contribution < 1.29 is 67.4 Å². The second kappa shape index (κ2) is 36.3. The maximum absolute atomic E-state index is 12.5. The van der Waals surface area contributed by atoms with Gasteiger partial charge in [0.15, 0.2) is 5.78 Å². The van der Waals surface area contributed by atoms with Gasteiger partial charge in [0.25, 0.3) is 0 Å². The van der Waals surface area contributed by atoms with E-state index in [1.807, 2.05) is 33.8 Å². The van der Waals surface area contributed by atoms with Crippen LogP contribution in [0, 0.1) is 13.8 Å². The van der Waals surface area contributed by atoms with E-state index in [2.05, 4.69) is 13.2 Å². The maximum Gasteiger partial charge on any atom is 0.343 e. The molecule has 14 nitrogen and oxygen atoms in total. The Morgan fingerprint density at radius 3 is 1.36 bits per heavy atom. The Morgan fingerprint density at radius 1 is 0.532 bits per heavy atom. The molecule has 0 aromatic heterocycles. The molecule has 0 aliphatic carbocycles. The zero-order chi connectivity index (χ0) is 57.2. The van der Waals surface area contributed by atoms with Crippen LogP contribution in [-0.4, -0.2) is 77.9 Å². The van der Waals surface area contributed by atoms with E-state index in [0.717, 1.165) is 99.3 Å². The molecule has 77 heavy (non-hydrogen) atoms. The molecule has 0 heterocycles. The van der Waals surface area contributed by atoms with Crippen molar-refractivity contribution in [1.29, 1.82) is 0 Å². The third kappa shape index (κ3) is 30.4. The molecule has 2 N–H and O–H groups in total. The predicted octanol–water partition coefficient (Wildman–Crippen LogP) is 13.9. The highest BCUT2D eigenvalue weighted by atomic mass is 16.6. The van der Waals surface area contributed by atoms with Crippen molar-refractivity contribution in [2.75, 3.05) is 26.4 Å². The first kappa shape index (κ1) is 65.4. The third-order valence-corrected chi connectivity index (χ3v) is 10.9. The molecular formula is C63H80O14. The molecule has 0 fully saturated rings. The van der Waals surface area contributed by atoms with E-state index >= 15 is 0 Å². The fraction of sp³-hybridized carbons (Fsp3) is 0.397. The number of carboxylic acid groups (broad SMARTS) is 1. The lowest BCUT2D eigenvalue weighted by molar-refractivity contribution is -0.148. The van der Waals surface area contributed by atoms with E-state index in [9.17, 15) is 33.9 Å². The van der Waals surface area contributed by atoms with Crippen molar-refractivity contribution in [2.45, 2.75) is 138 Å². The van der Waals surface area contributed by atoms with Gasteiger partial charge in [-0.05, 0) is 188 Å². The quantitative estimate of drug-likeness (QED) is 0.0171. The number of unbranched alkanes of at least 4 members (excludes halogenated alkanes) is 10. The number of phenols is 1. The lowest BCUT2D eigenvalue weighted by Crippen LogP contribution is -2.22. The van der Waals surface area contributed by atoms with Gasteiger partial charge in [-0.25, -0.2) is 24.0 Å². The number of esters is 4. The molecule has 0 unspecified atom stereocenters. The topological polar surface area (TPSA) is 198 Å². The molecule has 4 aromatic carbocycles. The Balaban J connectivity index is 0.000000426. The number of aryl methyl sites for hydroxylation is 2. The first-order chi connectivity index (χ1) is 36.5. The van der Waals surface area contributed by atoms with Gasteiger partial charge in [-0.15, -0.1) is 0 Å². The summed E-state index contributed by atoms with van der Waals surface area (Å²) < 4.78 is 32.1. The van der Waals surface area contributed by atoms with Crippen LogP contribution in [0.3, 0.4) is 0 Å². The van der Waals surface area contributed by atoms with E-state index in [4.69, 9.17) is 33.5 Å². The van der Waals surface area contributed by atoms with Crippen LogP contribution < -0.4 is 14.2 Å². The van der Waals surface area contributed by atoms with Gasteiger partial charge < -0.3 is 38.6 Å². The SMILES string of the molecule is C=C(C)C(=O)OCCCCCCCCOc1ccc(C(=O)O)cc1.C=C(C)C(=O)OCCCCCCCCOc1ccc(C(=O)Oc2ccc(/C=C/C(C)=O)cc2C)cc1.Cc1cc(/C=C/C(=O)OC(C)(C)C)ccc1O. The van der Waals surface area contributed by atoms with E-state index in [-0.39, 0.29) is 35.0 Å². The number of ketones is 1. The van der Waals surface area contributed by atoms with Crippen molar-refractivity contribution in [1.82, 2.24) is 0 Å². The number of aromatic carboxylic acids is 1. The van der Waals surface area contributed by atoms with Crippen molar-refractivity contribution in [3.05, 3.63) is 155 Å². The summed E-state index contributed by atoms with van der Waals surface area (Å²) in [7, 11) is 0. The largest absolute Gasteiger partial charge is 0.508 e. The van der Waals surface area contributed by atoms with Crippen molar-refractivity contribution in [3.8, 4) is 23.0 Å². The molecule has 416 valence electrons. The number of benzene rings is 4. The number of hydrogen-bond acceptors (Lipinski definition) is 13. The predicted molar refractivity (Wildman–Crippen MR) is 301 cm³/mol. The van der Waals surface area contributed by atoms with Crippen molar-refractivity contribution in [3.63, 3.8) is 0 Å². The lowest BCUT2D eigenvalue weighted by Gasteiger charge is -2.17. The average molecular weight is 1060 g/mol. The molecule has 14 heteroatoms. The molecule has 0 atom stereocenters. The van der Waals surface area contributed by atoms with Crippen LogP contribution in [0.5, 0.6) is 23.0 Å². The number of allylic oxidation sites excluding steroid dienone is 1. The highest BCUT2D eigenvalue weighted by Gasteiger charge is 2.14. The van der Waals surface area contributed by atoms with Crippen LogP contribution in [-0.2, 0) is 33.4 Å². The number of carbonyl (C=O) groups excluding carboxylic acids is 5. The molecule has 4 rings (SSSR count). The monoisotopic (exact) mass is 1060 g/mol. The molecule has 0 radical (unpaired) electrons. The zero-order valence-corrected chi connectivity index (χ0v) is 46.4. The van der Waals surface area contributed by atoms with E-state index in [1.54, 1.807) is 112 Å². The summed E-state index contributed by atoms with van der Waals surface area (Å²) in [5.74, 6) is -0.273. The molecular weight excluding hydrogens is 981 g/mol. The Hall–Kier alpha value is -7.74. The number of hydrogen-bond donors (Lipinski definition) is 2. The van der Waals surface area contributed by atoms with E-state index in [0.29, 0.717) is 60.4 Å². The standard InChI is InChI=1S/C30H36O6.C19H26O5.C14H18O3/c1-22(2)29(32)35-20-10-8-6-5-7-9-19-34-27-16-14-26(15-17-27)30(33)36-28-18-13-25(21-23(28)3)12-11-24(4)31;1-15(2)19(22)24-14-8-6-4-3-5-7-13-23-17-11-9-16(10-12-17)18(20)21;1-10-9-11(5-7-12(10)15)6-8-13(16)17-14(2,3)4/h11-18,21H,1,5-10,19-20H2,2-4H3;9-12H,1,3-8,13-14H2,2H3,(H,20,21);5-9,15H,1-4H3/b12-11+;;8-6+. The average Bonchev–Trinajstić information content (AvgIpc) is 3.37. The smallest absolute Gasteiger partial charge is 0.343 e.